The summed E-state index contributed by atoms with van der Waals surface area (Å²) in [5.41, 5.74) is 5.64. The summed E-state index contributed by atoms with van der Waals surface area (Å²) in [7, 11) is -4.13. The van der Waals surface area contributed by atoms with Crippen molar-refractivity contribution < 1.29 is 17.9 Å². The molecule has 2 aliphatic carbocycles. The Hall–Kier alpha value is -2.30. The van der Waals surface area contributed by atoms with Crippen LogP contribution in [-0.4, -0.2) is 43.4 Å². The van der Waals surface area contributed by atoms with Gasteiger partial charge in [0.05, 0.1) is 18.8 Å². The van der Waals surface area contributed by atoms with Crippen LogP contribution < -0.4 is 20.1 Å². The van der Waals surface area contributed by atoms with E-state index < -0.39 is 16.1 Å². The smallest absolute Gasteiger partial charge is 0.333 e. The van der Waals surface area contributed by atoms with Crippen molar-refractivity contribution >= 4 is 34.1 Å². The lowest BCUT2D eigenvalue weighted by Gasteiger charge is -2.25. The molecule has 2 aromatic rings. The number of halogens is 1. The number of hydrogen-bond acceptors (Lipinski definition) is 6. The first-order valence-electron chi connectivity index (χ1n) is 10.9. The normalized spacial score (nSPS) is 18.7. The predicted octanol–water partition coefficient (Wildman–Crippen LogP) is 2.16. The monoisotopic (exact) mass is 481 g/mol. The molecule has 11 heteroatoms. The van der Waals surface area contributed by atoms with E-state index in [2.05, 4.69) is 26.5 Å². The highest BCUT2D eigenvalue weighted by atomic mass is 35.5. The number of carbonyl (C=O) groups excluding carboxylic acids is 1. The first-order chi connectivity index (χ1) is 15.0. The number of benzene rings is 1. The molecule has 2 amide bonds. The molecule has 2 heterocycles. The second-order valence-corrected chi connectivity index (χ2v) is 10.0. The van der Waals surface area contributed by atoms with Crippen molar-refractivity contribution in [3.63, 3.8) is 0 Å². The number of aryl methyl sites for hydroxylation is 2. The largest absolute Gasteiger partial charge is 0.475 e. The summed E-state index contributed by atoms with van der Waals surface area (Å²) in [5.74, 6) is 0.163. The van der Waals surface area contributed by atoms with Gasteiger partial charge in [0.2, 0.25) is 5.88 Å². The Morgan fingerprint density at radius 3 is 2.53 bits per heavy atom. The molecule has 0 saturated heterocycles. The van der Waals surface area contributed by atoms with Crippen molar-refractivity contribution in [2.75, 3.05) is 18.5 Å². The van der Waals surface area contributed by atoms with Crippen LogP contribution >= 0.6 is 12.4 Å². The molecule has 9 nitrogen and oxygen atoms in total. The molecule has 5 rings (SSSR count). The molecule has 1 aliphatic heterocycles. The fourth-order valence-electron chi connectivity index (χ4n) is 4.95. The average Bonchev–Trinajstić information content (AvgIpc) is 3.46. The van der Waals surface area contributed by atoms with Crippen LogP contribution in [0.5, 0.6) is 5.88 Å². The topological polar surface area (TPSA) is 114 Å². The average molecular weight is 482 g/mol. The van der Waals surface area contributed by atoms with Crippen molar-refractivity contribution in [2.45, 2.75) is 62.9 Å². The number of amides is 2. The van der Waals surface area contributed by atoms with E-state index in [4.69, 9.17) is 4.74 Å². The van der Waals surface area contributed by atoms with E-state index in [9.17, 15) is 13.2 Å². The summed E-state index contributed by atoms with van der Waals surface area (Å²) in [6.07, 6.45) is 7.17. The van der Waals surface area contributed by atoms with Crippen molar-refractivity contribution in [1.82, 2.24) is 19.8 Å². The molecule has 0 bridgehead atoms. The zero-order valence-electron chi connectivity index (χ0n) is 17.9. The zero-order chi connectivity index (χ0) is 21.6. The molecule has 174 valence electrons. The number of anilines is 1. The van der Waals surface area contributed by atoms with Crippen LogP contribution in [0, 0.1) is 0 Å². The summed E-state index contributed by atoms with van der Waals surface area (Å²) in [6, 6.07) is 1.57. The van der Waals surface area contributed by atoms with E-state index in [-0.39, 0.29) is 29.2 Å². The number of ether oxygens (including phenoxy) is 1. The quantitative estimate of drug-likeness (QED) is 0.603. The van der Waals surface area contributed by atoms with Gasteiger partial charge in [-0.3, -0.25) is 0 Å². The number of likely N-dealkylation sites (N-methyl/N-ethyl adjacent to an activating group) is 1. The molecule has 1 aromatic carbocycles. The Morgan fingerprint density at radius 1 is 1.19 bits per heavy atom. The number of carbonyl (C=O) groups is 1. The van der Waals surface area contributed by atoms with Crippen LogP contribution in [-0.2, 0) is 42.3 Å². The summed E-state index contributed by atoms with van der Waals surface area (Å²) in [6.45, 7) is 3.63. The second-order valence-electron chi connectivity index (χ2n) is 8.36. The van der Waals surface area contributed by atoms with Gasteiger partial charge >= 0.3 is 6.03 Å². The van der Waals surface area contributed by atoms with Gasteiger partial charge in [0.15, 0.2) is 4.90 Å². The first kappa shape index (κ1) is 22.9. The Morgan fingerprint density at radius 2 is 1.88 bits per heavy atom. The molecular weight excluding hydrogens is 454 g/mol. The van der Waals surface area contributed by atoms with Gasteiger partial charge in [0, 0.05) is 5.69 Å². The second kappa shape index (κ2) is 8.92. The summed E-state index contributed by atoms with van der Waals surface area (Å²) in [5, 5.41) is 10.3. The van der Waals surface area contributed by atoms with Gasteiger partial charge in [-0.25, -0.2) is 22.6 Å². The van der Waals surface area contributed by atoms with Gasteiger partial charge in [-0.1, -0.05) is 13.0 Å². The number of aromatic nitrogens is 2. The highest BCUT2D eigenvalue weighted by Crippen LogP contribution is 2.38. The Labute approximate surface area is 193 Å². The third-order valence-corrected chi connectivity index (χ3v) is 7.61. The van der Waals surface area contributed by atoms with E-state index >= 15 is 0 Å². The van der Waals surface area contributed by atoms with Crippen molar-refractivity contribution in [3.8, 4) is 5.88 Å². The molecule has 1 unspecified atom stereocenters. The molecule has 3 N–H and O–H groups in total. The third kappa shape index (κ3) is 4.06. The maximum Gasteiger partial charge on any atom is 0.333 e. The zero-order valence-corrected chi connectivity index (χ0v) is 19.6. The molecule has 0 radical (unpaired) electrons. The van der Waals surface area contributed by atoms with E-state index in [0.29, 0.717) is 13.2 Å². The Kier molecular flexibility index (Phi) is 6.37. The number of rotatable bonds is 5. The van der Waals surface area contributed by atoms with Crippen LogP contribution in [0.4, 0.5) is 10.5 Å². The molecule has 0 spiro atoms. The number of sulfonamides is 1. The standard InChI is InChI=1S/C21H27N5O4S.ClH/c1-2-22-15-11-26-20(30-12-15)18(10-23-26)31(28,29)25-21(27)24-19-16-7-3-5-13(16)9-14-6-4-8-17(14)19;/h9-10,15,22H,2-8,11-12H2,1H3,(H2,24,25,27);1H. The van der Waals surface area contributed by atoms with Crippen LogP contribution in [0.15, 0.2) is 17.2 Å². The lowest BCUT2D eigenvalue weighted by molar-refractivity contribution is 0.180. The molecule has 0 fully saturated rings. The minimum atomic E-state index is -4.13. The fourth-order valence-corrected chi connectivity index (χ4v) is 5.94. The van der Waals surface area contributed by atoms with E-state index in [1.54, 1.807) is 0 Å². The van der Waals surface area contributed by atoms with E-state index in [1.165, 1.54) is 22.0 Å². The maximum absolute atomic E-state index is 12.9. The molecule has 0 saturated carbocycles. The van der Waals surface area contributed by atoms with Crippen LogP contribution in [0.1, 0.15) is 42.0 Å². The van der Waals surface area contributed by atoms with Gasteiger partial charge in [-0.05, 0) is 67.3 Å². The number of nitrogens with zero attached hydrogens (tertiary/aromatic N) is 2. The van der Waals surface area contributed by atoms with Crippen molar-refractivity contribution in [3.05, 3.63) is 34.5 Å². The predicted molar refractivity (Wildman–Crippen MR) is 122 cm³/mol. The maximum atomic E-state index is 12.9. The summed E-state index contributed by atoms with van der Waals surface area (Å²) >= 11 is 0. The van der Waals surface area contributed by atoms with Gasteiger partial charge < -0.3 is 15.4 Å². The minimum absolute atomic E-state index is 0. The van der Waals surface area contributed by atoms with Crippen molar-refractivity contribution in [2.24, 2.45) is 0 Å². The number of nitrogens with one attached hydrogen (secondary N) is 3. The highest BCUT2D eigenvalue weighted by Gasteiger charge is 2.31. The molecular formula is C21H28ClN5O4S. The van der Waals surface area contributed by atoms with Gasteiger partial charge in [-0.2, -0.15) is 5.10 Å². The Balaban J connectivity index is 0.00000245. The molecule has 1 aromatic heterocycles. The number of fused-ring (bicyclic) bond motifs is 3. The third-order valence-electron chi connectivity index (χ3n) is 6.30. The number of hydrogen-bond donors (Lipinski definition) is 3. The first-order valence-corrected chi connectivity index (χ1v) is 12.4. The van der Waals surface area contributed by atoms with Gasteiger partial charge in [-0.15, -0.1) is 12.4 Å². The molecule has 1 atom stereocenters. The lowest BCUT2D eigenvalue weighted by Crippen LogP contribution is -2.42. The van der Waals surface area contributed by atoms with E-state index in [0.717, 1.165) is 61.9 Å². The number of urea groups is 1. The highest BCUT2D eigenvalue weighted by molar-refractivity contribution is 7.90. The van der Waals surface area contributed by atoms with Crippen LogP contribution in [0.2, 0.25) is 0 Å². The van der Waals surface area contributed by atoms with E-state index in [1.807, 2.05) is 6.92 Å². The van der Waals surface area contributed by atoms with Gasteiger partial charge in [0.1, 0.15) is 6.61 Å². The summed E-state index contributed by atoms with van der Waals surface area (Å²) in [4.78, 5) is 12.6. The molecule has 3 aliphatic rings. The molecule has 32 heavy (non-hydrogen) atoms. The minimum Gasteiger partial charge on any atom is -0.475 e. The van der Waals surface area contributed by atoms with Crippen molar-refractivity contribution in [1.29, 1.82) is 0 Å². The lowest BCUT2D eigenvalue weighted by atomic mass is 9.99. The SMILES string of the molecule is CCNC1COc2c(S(=O)(=O)NC(=O)Nc3c4c(cc5c3CCC5)CCC4)cnn2C1.Cl. The van der Waals surface area contributed by atoms with Crippen LogP contribution in [0.3, 0.4) is 0 Å². The Bertz CT molecular complexity index is 1120. The van der Waals surface area contributed by atoms with Crippen LogP contribution in [0.25, 0.3) is 0 Å². The summed E-state index contributed by atoms with van der Waals surface area (Å²) < 4.78 is 35.2. The fraction of sp³-hybridized carbons (Fsp3) is 0.524. The van der Waals surface area contributed by atoms with Gasteiger partial charge in [0.25, 0.3) is 10.0 Å².